The van der Waals surface area contributed by atoms with Crippen LogP contribution in [0, 0.1) is 11.3 Å². The van der Waals surface area contributed by atoms with Gasteiger partial charge in [0.15, 0.2) is 0 Å². The monoisotopic (exact) mass is 289 g/mol. The zero-order chi connectivity index (χ0) is 15.0. The van der Waals surface area contributed by atoms with E-state index < -0.39 is 17.4 Å². The number of likely N-dealkylation sites (tertiary alicyclic amines) is 1. The molecule has 1 amide bonds. The fourth-order valence-corrected chi connectivity index (χ4v) is 3.73. The third kappa shape index (κ3) is 2.21. The van der Waals surface area contributed by atoms with E-state index in [2.05, 4.69) is 0 Å². The van der Waals surface area contributed by atoms with E-state index in [1.807, 2.05) is 30.3 Å². The van der Waals surface area contributed by atoms with Crippen LogP contribution in [0.15, 0.2) is 30.3 Å². The standard InChI is InChI=1S/C16H19NO4/c1-21-15(20)16-8-12(18)7-13(16)14(19)17(10-16)9-11-5-3-2-4-6-11/h2-6,12-13,18H,7-10H2,1H3. The second-order valence-electron chi connectivity index (χ2n) is 5.97. The summed E-state index contributed by atoms with van der Waals surface area (Å²) in [5, 5.41) is 9.86. The SMILES string of the molecule is COC(=O)C12CC(O)CC1C(=O)N(Cc1ccccc1)C2. The zero-order valence-electron chi connectivity index (χ0n) is 12.0. The minimum absolute atomic E-state index is 0.0548. The number of aliphatic hydroxyl groups is 1. The number of amides is 1. The highest BCUT2D eigenvalue weighted by molar-refractivity contribution is 5.92. The van der Waals surface area contributed by atoms with Gasteiger partial charge in [-0.2, -0.15) is 0 Å². The molecule has 5 nitrogen and oxygen atoms in total. The van der Waals surface area contributed by atoms with E-state index in [4.69, 9.17) is 4.74 Å². The molecule has 1 aromatic rings. The molecule has 1 aromatic carbocycles. The van der Waals surface area contributed by atoms with E-state index in [0.29, 0.717) is 25.9 Å². The summed E-state index contributed by atoms with van der Waals surface area (Å²) in [6, 6.07) is 9.70. The van der Waals surface area contributed by atoms with Gasteiger partial charge in [-0.25, -0.2) is 0 Å². The fourth-order valence-electron chi connectivity index (χ4n) is 3.73. The summed E-state index contributed by atoms with van der Waals surface area (Å²) in [4.78, 5) is 26.5. The van der Waals surface area contributed by atoms with Crippen molar-refractivity contribution in [2.75, 3.05) is 13.7 Å². The molecule has 1 N–H and O–H groups in total. The van der Waals surface area contributed by atoms with Crippen LogP contribution in [0.2, 0.25) is 0 Å². The third-order valence-corrected chi connectivity index (χ3v) is 4.67. The number of nitrogens with zero attached hydrogens (tertiary/aromatic N) is 1. The van der Waals surface area contributed by atoms with Gasteiger partial charge in [-0.15, -0.1) is 0 Å². The number of fused-ring (bicyclic) bond motifs is 1. The molecule has 21 heavy (non-hydrogen) atoms. The van der Waals surface area contributed by atoms with Gasteiger partial charge in [0.05, 0.1) is 24.5 Å². The van der Waals surface area contributed by atoms with Crippen molar-refractivity contribution in [2.45, 2.75) is 25.5 Å². The first-order valence-corrected chi connectivity index (χ1v) is 7.16. The molecule has 0 spiro atoms. The number of aliphatic hydroxyl groups excluding tert-OH is 1. The molecule has 3 unspecified atom stereocenters. The van der Waals surface area contributed by atoms with Crippen LogP contribution >= 0.6 is 0 Å². The van der Waals surface area contributed by atoms with Crippen LogP contribution in [0.25, 0.3) is 0 Å². The smallest absolute Gasteiger partial charge is 0.314 e. The summed E-state index contributed by atoms with van der Waals surface area (Å²) in [7, 11) is 1.34. The number of hydrogen-bond acceptors (Lipinski definition) is 4. The van der Waals surface area contributed by atoms with Gasteiger partial charge in [-0.1, -0.05) is 30.3 Å². The second-order valence-corrected chi connectivity index (χ2v) is 5.97. The van der Waals surface area contributed by atoms with Crippen molar-refractivity contribution in [3.8, 4) is 0 Å². The molecule has 1 saturated carbocycles. The Morgan fingerprint density at radius 3 is 2.81 bits per heavy atom. The summed E-state index contributed by atoms with van der Waals surface area (Å²) in [5.41, 5.74) is 0.159. The molecule has 1 heterocycles. The van der Waals surface area contributed by atoms with Gasteiger partial charge in [0.25, 0.3) is 0 Å². The van der Waals surface area contributed by atoms with E-state index in [1.54, 1.807) is 4.90 Å². The summed E-state index contributed by atoms with van der Waals surface area (Å²) < 4.78 is 4.91. The van der Waals surface area contributed by atoms with Gasteiger partial charge >= 0.3 is 5.97 Å². The van der Waals surface area contributed by atoms with Crippen molar-refractivity contribution in [3.63, 3.8) is 0 Å². The Bertz CT molecular complexity index is 559. The number of esters is 1. The fraction of sp³-hybridized carbons (Fsp3) is 0.500. The van der Waals surface area contributed by atoms with Gasteiger partial charge in [0, 0.05) is 13.1 Å². The topological polar surface area (TPSA) is 66.8 Å². The summed E-state index contributed by atoms with van der Waals surface area (Å²) in [6.07, 6.45) is 0.0533. The minimum Gasteiger partial charge on any atom is -0.469 e. The molecular weight excluding hydrogens is 270 g/mol. The van der Waals surface area contributed by atoms with Gasteiger partial charge in [0.2, 0.25) is 5.91 Å². The Morgan fingerprint density at radius 1 is 1.43 bits per heavy atom. The van der Waals surface area contributed by atoms with Crippen LogP contribution in [0.1, 0.15) is 18.4 Å². The van der Waals surface area contributed by atoms with Crippen LogP contribution in [0.5, 0.6) is 0 Å². The average Bonchev–Trinajstić information content (AvgIpc) is 2.94. The first-order valence-electron chi connectivity index (χ1n) is 7.16. The van der Waals surface area contributed by atoms with Crippen LogP contribution in [-0.4, -0.2) is 41.6 Å². The molecule has 3 atom stereocenters. The lowest BCUT2D eigenvalue weighted by Gasteiger charge is -2.25. The number of ether oxygens (including phenoxy) is 1. The molecule has 1 aliphatic carbocycles. The van der Waals surface area contributed by atoms with E-state index in [-0.39, 0.29) is 11.9 Å². The summed E-state index contributed by atoms with van der Waals surface area (Å²) >= 11 is 0. The largest absolute Gasteiger partial charge is 0.469 e. The predicted molar refractivity (Wildman–Crippen MR) is 75.0 cm³/mol. The van der Waals surface area contributed by atoms with E-state index in [0.717, 1.165) is 5.56 Å². The zero-order valence-corrected chi connectivity index (χ0v) is 12.0. The maximum absolute atomic E-state index is 12.6. The average molecular weight is 289 g/mol. The van der Waals surface area contributed by atoms with E-state index in [1.165, 1.54) is 7.11 Å². The van der Waals surface area contributed by atoms with Crippen LogP contribution in [0.4, 0.5) is 0 Å². The van der Waals surface area contributed by atoms with Crippen molar-refractivity contribution in [1.82, 2.24) is 4.90 Å². The minimum atomic E-state index is -0.875. The first kappa shape index (κ1) is 14.1. The third-order valence-electron chi connectivity index (χ3n) is 4.67. The maximum Gasteiger partial charge on any atom is 0.314 e. The Morgan fingerprint density at radius 2 is 2.14 bits per heavy atom. The Kier molecular flexibility index (Phi) is 3.45. The summed E-state index contributed by atoms with van der Waals surface area (Å²) in [6.45, 7) is 0.820. The number of methoxy groups -OCH3 is 1. The number of hydrogen-bond donors (Lipinski definition) is 1. The van der Waals surface area contributed by atoms with Crippen LogP contribution in [0.3, 0.4) is 0 Å². The molecule has 2 aliphatic rings. The Labute approximate surface area is 123 Å². The van der Waals surface area contributed by atoms with Crippen molar-refractivity contribution in [1.29, 1.82) is 0 Å². The molecule has 1 saturated heterocycles. The molecule has 0 bridgehead atoms. The lowest BCUT2D eigenvalue weighted by molar-refractivity contribution is -0.154. The Balaban J connectivity index is 1.85. The molecule has 1 aliphatic heterocycles. The van der Waals surface area contributed by atoms with E-state index in [9.17, 15) is 14.7 Å². The van der Waals surface area contributed by atoms with Gasteiger partial charge in [-0.05, 0) is 18.4 Å². The van der Waals surface area contributed by atoms with Crippen LogP contribution < -0.4 is 0 Å². The molecule has 3 rings (SSSR count). The second kappa shape index (κ2) is 5.15. The number of benzene rings is 1. The van der Waals surface area contributed by atoms with Crippen LogP contribution in [-0.2, 0) is 20.9 Å². The molecule has 0 radical (unpaired) electrons. The quantitative estimate of drug-likeness (QED) is 0.842. The number of carbonyl (C=O) groups excluding carboxylic acids is 2. The predicted octanol–water partition coefficient (Wildman–Crippen LogP) is 0.959. The van der Waals surface area contributed by atoms with Gasteiger partial charge < -0.3 is 14.7 Å². The molecular formula is C16H19NO4. The van der Waals surface area contributed by atoms with Crippen molar-refractivity contribution in [2.24, 2.45) is 11.3 Å². The van der Waals surface area contributed by atoms with Crippen molar-refractivity contribution >= 4 is 11.9 Å². The van der Waals surface area contributed by atoms with Crippen molar-refractivity contribution in [3.05, 3.63) is 35.9 Å². The lowest BCUT2D eigenvalue weighted by Crippen LogP contribution is -2.37. The van der Waals surface area contributed by atoms with Crippen molar-refractivity contribution < 1.29 is 19.4 Å². The summed E-state index contributed by atoms with van der Waals surface area (Å²) in [5.74, 6) is -0.891. The van der Waals surface area contributed by atoms with Gasteiger partial charge in [0.1, 0.15) is 0 Å². The highest BCUT2D eigenvalue weighted by atomic mass is 16.5. The first-order chi connectivity index (χ1) is 10.1. The molecule has 112 valence electrons. The normalized spacial score (nSPS) is 31.3. The lowest BCUT2D eigenvalue weighted by atomic mass is 9.80. The molecule has 0 aromatic heterocycles. The highest BCUT2D eigenvalue weighted by Gasteiger charge is 2.62. The molecule has 5 heteroatoms. The van der Waals surface area contributed by atoms with Gasteiger partial charge in [-0.3, -0.25) is 9.59 Å². The maximum atomic E-state index is 12.6. The molecule has 2 fully saturated rings. The highest BCUT2D eigenvalue weighted by Crippen LogP contribution is 2.50. The number of carbonyl (C=O) groups is 2. The van der Waals surface area contributed by atoms with E-state index >= 15 is 0 Å². The Hall–Kier alpha value is -1.88. The number of rotatable bonds is 3.